The first kappa shape index (κ1) is 23.3. The van der Waals surface area contributed by atoms with Gasteiger partial charge in [-0.3, -0.25) is 4.79 Å². The van der Waals surface area contributed by atoms with Crippen molar-refractivity contribution in [2.24, 2.45) is 0 Å². The largest absolute Gasteiger partial charge is 0.394 e. The summed E-state index contributed by atoms with van der Waals surface area (Å²) < 4.78 is 27.5. The van der Waals surface area contributed by atoms with Crippen LogP contribution in [0.15, 0.2) is 84.9 Å². The van der Waals surface area contributed by atoms with Crippen LogP contribution in [-0.4, -0.2) is 60.4 Å². The van der Waals surface area contributed by atoms with Crippen molar-refractivity contribution in [1.82, 2.24) is 9.21 Å². The van der Waals surface area contributed by atoms with Gasteiger partial charge in [-0.2, -0.15) is 4.31 Å². The molecule has 7 heteroatoms. The van der Waals surface area contributed by atoms with Crippen molar-refractivity contribution >= 4 is 15.9 Å². The summed E-state index contributed by atoms with van der Waals surface area (Å²) in [6.45, 7) is -0.139. The molecule has 2 aliphatic heterocycles. The minimum atomic E-state index is -3.66. The van der Waals surface area contributed by atoms with Crippen LogP contribution < -0.4 is 0 Å². The van der Waals surface area contributed by atoms with E-state index >= 15 is 0 Å². The summed E-state index contributed by atoms with van der Waals surface area (Å²) in [4.78, 5) is 14.5. The lowest BCUT2D eigenvalue weighted by Gasteiger charge is -2.58. The molecule has 6 nitrogen and oxygen atoms in total. The molecule has 35 heavy (non-hydrogen) atoms. The quantitative estimate of drug-likeness (QED) is 0.563. The van der Waals surface area contributed by atoms with Gasteiger partial charge in [-0.05, 0) is 35.4 Å². The second kappa shape index (κ2) is 9.67. The number of sulfonamides is 1. The van der Waals surface area contributed by atoms with Gasteiger partial charge >= 0.3 is 0 Å². The van der Waals surface area contributed by atoms with E-state index in [4.69, 9.17) is 0 Å². The van der Waals surface area contributed by atoms with E-state index in [1.165, 1.54) is 4.31 Å². The van der Waals surface area contributed by atoms with Gasteiger partial charge in [0.2, 0.25) is 15.9 Å². The molecule has 0 bridgehead atoms. The summed E-state index contributed by atoms with van der Waals surface area (Å²) in [5.74, 6) is 5.73. The van der Waals surface area contributed by atoms with Gasteiger partial charge in [0.25, 0.3) is 0 Å². The van der Waals surface area contributed by atoms with Crippen LogP contribution in [0, 0.1) is 11.8 Å². The molecule has 3 atom stereocenters. The zero-order chi connectivity index (χ0) is 24.4. The molecule has 1 amide bonds. The monoisotopic (exact) mass is 486 g/mol. The van der Waals surface area contributed by atoms with Crippen LogP contribution in [0.25, 0.3) is 0 Å². The summed E-state index contributed by atoms with van der Waals surface area (Å²) in [5, 5.41) is 10.0. The number of carbonyl (C=O) groups is 1. The van der Waals surface area contributed by atoms with Crippen molar-refractivity contribution in [3.63, 3.8) is 0 Å². The van der Waals surface area contributed by atoms with E-state index < -0.39 is 10.0 Å². The Labute approximate surface area is 205 Å². The highest BCUT2D eigenvalue weighted by molar-refractivity contribution is 7.88. The number of carbonyl (C=O) groups excluding carboxylic acids is 1. The highest BCUT2D eigenvalue weighted by Gasteiger charge is 2.55. The van der Waals surface area contributed by atoms with Crippen molar-refractivity contribution in [3.05, 3.63) is 107 Å². The van der Waals surface area contributed by atoms with Crippen molar-refractivity contribution < 1.29 is 18.3 Å². The first-order valence-corrected chi connectivity index (χ1v) is 13.2. The molecule has 0 radical (unpaired) electrons. The molecule has 2 heterocycles. The maximum atomic E-state index is 13.1. The predicted molar refractivity (Wildman–Crippen MR) is 134 cm³/mol. The van der Waals surface area contributed by atoms with E-state index in [9.17, 15) is 18.3 Å². The highest BCUT2D eigenvalue weighted by atomic mass is 32.2. The number of fused-ring (bicyclic) bond motifs is 1. The van der Waals surface area contributed by atoms with Gasteiger partial charge in [0, 0.05) is 23.6 Å². The summed E-state index contributed by atoms with van der Waals surface area (Å²) in [5.41, 5.74) is 3.45. The maximum Gasteiger partial charge on any atom is 0.238 e. The predicted octanol–water partition coefficient (Wildman–Crippen LogP) is 2.59. The molecule has 3 aromatic rings. The summed E-state index contributed by atoms with van der Waals surface area (Å²) in [6, 6.07) is 25.8. The van der Waals surface area contributed by atoms with Crippen LogP contribution in [0.1, 0.15) is 28.2 Å². The number of piperazine rings is 1. The minimum Gasteiger partial charge on any atom is -0.394 e. The molecular weight excluding hydrogens is 460 g/mol. The molecule has 2 fully saturated rings. The van der Waals surface area contributed by atoms with Crippen LogP contribution >= 0.6 is 0 Å². The second-order valence-corrected chi connectivity index (χ2v) is 10.9. The molecule has 5 rings (SSSR count). The average molecular weight is 487 g/mol. The van der Waals surface area contributed by atoms with Crippen LogP contribution in [0.2, 0.25) is 0 Å². The Kier molecular flexibility index (Phi) is 6.44. The first-order chi connectivity index (χ1) is 17.0. The summed E-state index contributed by atoms with van der Waals surface area (Å²) in [7, 11) is -3.66. The van der Waals surface area contributed by atoms with Crippen molar-refractivity contribution in [3.8, 4) is 11.8 Å². The number of nitrogens with zero attached hydrogens (tertiary/aromatic N) is 2. The third kappa shape index (κ3) is 4.73. The molecule has 178 valence electrons. The molecular formula is C28H26N2O4S. The number of hydrogen-bond donors (Lipinski definition) is 1. The molecule has 3 aromatic carbocycles. The Morgan fingerprint density at radius 2 is 1.46 bits per heavy atom. The Morgan fingerprint density at radius 1 is 0.857 bits per heavy atom. The zero-order valence-corrected chi connectivity index (χ0v) is 19.9. The Bertz CT molecular complexity index is 1360. The Balaban J connectivity index is 1.34. The van der Waals surface area contributed by atoms with Gasteiger partial charge < -0.3 is 10.0 Å². The summed E-state index contributed by atoms with van der Waals surface area (Å²) >= 11 is 0. The molecule has 0 saturated carbocycles. The van der Waals surface area contributed by atoms with Crippen LogP contribution in [0.4, 0.5) is 0 Å². The van der Waals surface area contributed by atoms with E-state index in [1.54, 1.807) is 29.2 Å². The molecule has 2 saturated heterocycles. The number of amides is 1. The topological polar surface area (TPSA) is 77.9 Å². The lowest BCUT2D eigenvalue weighted by Crippen LogP contribution is -2.73. The third-order valence-corrected chi connectivity index (χ3v) is 8.49. The number of rotatable bonds is 5. The van der Waals surface area contributed by atoms with Crippen LogP contribution in [0.3, 0.4) is 0 Å². The number of aliphatic hydroxyl groups is 1. The zero-order valence-electron chi connectivity index (χ0n) is 19.1. The minimum absolute atomic E-state index is 0.142. The lowest BCUT2D eigenvalue weighted by atomic mass is 9.74. The van der Waals surface area contributed by atoms with E-state index in [0.29, 0.717) is 5.56 Å². The van der Waals surface area contributed by atoms with Crippen molar-refractivity contribution in [2.75, 3.05) is 19.7 Å². The normalized spacial score (nSPS) is 22.0. The Hall–Kier alpha value is -3.44. The average Bonchev–Trinajstić information content (AvgIpc) is 2.85. The molecule has 0 spiro atoms. The molecule has 0 aliphatic carbocycles. The van der Waals surface area contributed by atoms with Crippen LogP contribution in [0.5, 0.6) is 0 Å². The lowest BCUT2D eigenvalue weighted by molar-refractivity contribution is -0.158. The molecule has 0 unspecified atom stereocenters. The number of hydrogen-bond acceptors (Lipinski definition) is 4. The fourth-order valence-corrected chi connectivity index (χ4v) is 6.50. The first-order valence-electron chi connectivity index (χ1n) is 11.6. The van der Waals surface area contributed by atoms with Crippen LogP contribution in [-0.2, 0) is 20.6 Å². The van der Waals surface area contributed by atoms with Gasteiger partial charge in [0.05, 0.1) is 31.0 Å². The summed E-state index contributed by atoms with van der Waals surface area (Å²) in [6.07, 6.45) is 0. The van der Waals surface area contributed by atoms with Crippen molar-refractivity contribution in [1.29, 1.82) is 0 Å². The van der Waals surface area contributed by atoms with E-state index in [-0.39, 0.29) is 49.4 Å². The van der Waals surface area contributed by atoms with E-state index in [0.717, 1.165) is 16.7 Å². The third-order valence-electron chi connectivity index (χ3n) is 6.73. The fourth-order valence-electron chi connectivity index (χ4n) is 5.01. The SMILES string of the molecule is O=C1CN(S(=O)(=O)Cc2ccccc2)C[C@H]2[C@H](c3ccc(C#Cc4ccccc4)cc3)[C@@H](CO)N12. The number of benzene rings is 3. The van der Waals surface area contributed by atoms with E-state index in [1.807, 2.05) is 60.7 Å². The Morgan fingerprint density at radius 3 is 2.09 bits per heavy atom. The second-order valence-electron chi connectivity index (χ2n) is 8.92. The number of aliphatic hydroxyl groups excluding tert-OH is 1. The molecule has 0 aromatic heterocycles. The highest BCUT2D eigenvalue weighted by Crippen LogP contribution is 2.43. The molecule has 2 aliphatic rings. The molecule has 1 N–H and O–H groups in total. The maximum absolute atomic E-state index is 13.1. The smallest absolute Gasteiger partial charge is 0.238 e. The van der Waals surface area contributed by atoms with Gasteiger partial charge in [-0.1, -0.05) is 72.5 Å². The van der Waals surface area contributed by atoms with Gasteiger partial charge in [0.15, 0.2) is 0 Å². The fraction of sp³-hybridized carbons (Fsp3) is 0.250. The van der Waals surface area contributed by atoms with Crippen molar-refractivity contribution in [2.45, 2.75) is 23.8 Å². The van der Waals surface area contributed by atoms with Gasteiger partial charge in [-0.25, -0.2) is 8.42 Å². The van der Waals surface area contributed by atoms with Gasteiger partial charge in [-0.15, -0.1) is 0 Å². The standard InChI is InChI=1S/C28H26N2O4S/c31-19-26-28(24-15-13-22(14-16-24)12-11-21-7-3-1-4-8-21)25-17-29(18-27(32)30(25)26)35(33,34)20-23-9-5-2-6-10-23/h1-10,13-16,25-26,28,31H,17-20H2/t25-,26+,28-/m0/s1. The van der Waals surface area contributed by atoms with E-state index in [2.05, 4.69) is 11.8 Å². The van der Waals surface area contributed by atoms with Gasteiger partial charge in [0.1, 0.15) is 0 Å².